The third kappa shape index (κ3) is 8.80. The minimum atomic E-state index is -4.14. The molecule has 2 unspecified atom stereocenters. The molecule has 0 spiro atoms. The minimum absolute atomic E-state index is 0.123. The molecule has 0 bridgehead atoms. The first-order valence-corrected chi connectivity index (χ1v) is 7.93. The highest BCUT2D eigenvalue weighted by Crippen LogP contribution is 2.22. The lowest BCUT2D eigenvalue weighted by molar-refractivity contribution is -0.150. The van der Waals surface area contributed by atoms with E-state index in [4.69, 9.17) is 10.5 Å². The Morgan fingerprint density at radius 1 is 0.850 bits per heavy atom. The molecule has 0 aliphatic heterocycles. The third-order valence-corrected chi connectivity index (χ3v) is 3.97. The highest BCUT2D eigenvalue weighted by atomic mass is 19.4. The molecular formula is C15H28F3NO. The van der Waals surface area contributed by atoms with E-state index in [9.17, 15) is 13.2 Å². The largest absolute Gasteiger partial charge is 0.391 e. The first kappa shape index (κ1) is 17.8. The number of hydrogen-bond donors (Lipinski definition) is 1. The number of rotatable bonds is 3. The number of ether oxygens (including phenoxy) is 1. The smallest absolute Gasteiger partial charge is 0.376 e. The summed E-state index contributed by atoms with van der Waals surface area (Å²) in [6.07, 6.45) is 5.79. The van der Waals surface area contributed by atoms with Crippen LogP contribution < -0.4 is 5.73 Å². The zero-order valence-corrected chi connectivity index (χ0v) is 12.3. The van der Waals surface area contributed by atoms with Crippen LogP contribution in [0.25, 0.3) is 0 Å². The van der Waals surface area contributed by atoms with E-state index in [0.717, 1.165) is 32.1 Å². The average Bonchev–Trinajstić information content (AvgIpc) is 2.35. The van der Waals surface area contributed by atoms with Crippen molar-refractivity contribution < 1.29 is 17.9 Å². The first-order chi connectivity index (χ1) is 9.49. The van der Waals surface area contributed by atoms with Crippen molar-refractivity contribution in [2.24, 2.45) is 5.73 Å². The SMILES string of the molecule is NC1CCCCCCCCCCC1OCCC(F)(F)F. The lowest BCUT2D eigenvalue weighted by atomic mass is 9.96. The van der Waals surface area contributed by atoms with Gasteiger partial charge in [0.2, 0.25) is 0 Å². The van der Waals surface area contributed by atoms with Crippen molar-refractivity contribution >= 4 is 0 Å². The van der Waals surface area contributed by atoms with Gasteiger partial charge in [0.25, 0.3) is 0 Å². The second kappa shape index (κ2) is 9.61. The van der Waals surface area contributed by atoms with Gasteiger partial charge in [0, 0.05) is 6.04 Å². The fraction of sp³-hybridized carbons (Fsp3) is 1.00. The summed E-state index contributed by atoms with van der Waals surface area (Å²) in [4.78, 5) is 0. The van der Waals surface area contributed by atoms with Gasteiger partial charge >= 0.3 is 6.18 Å². The molecule has 1 aliphatic carbocycles. The zero-order valence-electron chi connectivity index (χ0n) is 12.3. The van der Waals surface area contributed by atoms with E-state index in [2.05, 4.69) is 0 Å². The molecule has 0 heterocycles. The maximum atomic E-state index is 12.2. The summed E-state index contributed by atoms with van der Waals surface area (Å²) in [5.41, 5.74) is 6.10. The fourth-order valence-electron chi connectivity index (χ4n) is 2.72. The van der Waals surface area contributed by atoms with Crippen LogP contribution >= 0.6 is 0 Å². The van der Waals surface area contributed by atoms with Gasteiger partial charge in [0.1, 0.15) is 0 Å². The Balaban J connectivity index is 2.36. The van der Waals surface area contributed by atoms with Crippen molar-refractivity contribution in [1.82, 2.24) is 0 Å². The molecule has 0 aromatic carbocycles. The predicted molar refractivity (Wildman–Crippen MR) is 74.6 cm³/mol. The average molecular weight is 295 g/mol. The van der Waals surface area contributed by atoms with E-state index in [1.54, 1.807) is 0 Å². The standard InChI is InChI=1S/C15H28F3NO/c16-15(17,18)11-12-20-14-10-8-6-4-2-1-3-5-7-9-13(14)19/h13-14H,1-12,19H2. The second-order valence-corrected chi connectivity index (χ2v) is 5.84. The van der Waals surface area contributed by atoms with Gasteiger partial charge in [-0.2, -0.15) is 13.2 Å². The second-order valence-electron chi connectivity index (χ2n) is 5.84. The quantitative estimate of drug-likeness (QED) is 0.828. The summed E-state index contributed by atoms with van der Waals surface area (Å²) in [6, 6.07) is -0.123. The molecule has 2 N–H and O–H groups in total. The van der Waals surface area contributed by atoms with Gasteiger partial charge in [-0.25, -0.2) is 0 Å². The molecule has 1 rings (SSSR count). The summed E-state index contributed by atoms with van der Waals surface area (Å²) in [7, 11) is 0. The van der Waals surface area contributed by atoms with Crippen LogP contribution in [0.2, 0.25) is 0 Å². The lowest BCUT2D eigenvalue weighted by Crippen LogP contribution is -2.37. The Labute approximate surface area is 120 Å². The van der Waals surface area contributed by atoms with Crippen LogP contribution in [0, 0.1) is 0 Å². The fourth-order valence-corrected chi connectivity index (χ4v) is 2.72. The molecule has 20 heavy (non-hydrogen) atoms. The molecule has 5 heteroatoms. The zero-order chi connectivity index (χ0) is 14.8. The van der Waals surface area contributed by atoms with Crippen LogP contribution in [0.1, 0.15) is 70.6 Å². The van der Waals surface area contributed by atoms with Crippen molar-refractivity contribution in [2.45, 2.75) is 89.0 Å². The van der Waals surface area contributed by atoms with Gasteiger partial charge in [-0.05, 0) is 12.8 Å². The van der Waals surface area contributed by atoms with Crippen LogP contribution in [0.3, 0.4) is 0 Å². The van der Waals surface area contributed by atoms with Crippen LogP contribution in [-0.4, -0.2) is 24.9 Å². The molecular weight excluding hydrogens is 267 g/mol. The van der Waals surface area contributed by atoms with Gasteiger partial charge in [-0.1, -0.05) is 51.4 Å². The van der Waals surface area contributed by atoms with Gasteiger partial charge in [0.05, 0.1) is 19.1 Å². The Morgan fingerprint density at radius 3 is 1.90 bits per heavy atom. The summed E-state index contributed by atoms with van der Waals surface area (Å²) in [6.45, 7) is -0.262. The van der Waals surface area contributed by atoms with Crippen molar-refractivity contribution in [3.8, 4) is 0 Å². The van der Waals surface area contributed by atoms with Crippen LogP contribution in [0.15, 0.2) is 0 Å². The van der Waals surface area contributed by atoms with Gasteiger partial charge in [-0.15, -0.1) is 0 Å². The van der Waals surface area contributed by atoms with E-state index in [0.29, 0.717) is 0 Å². The molecule has 1 fully saturated rings. The molecule has 0 amide bonds. The Hall–Kier alpha value is -0.290. The molecule has 120 valence electrons. The van der Waals surface area contributed by atoms with Gasteiger partial charge in [-0.3, -0.25) is 0 Å². The van der Waals surface area contributed by atoms with Crippen molar-refractivity contribution in [2.75, 3.05) is 6.61 Å². The molecule has 2 atom stereocenters. The van der Waals surface area contributed by atoms with Crippen molar-refractivity contribution in [3.63, 3.8) is 0 Å². The topological polar surface area (TPSA) is 35.2 Å². The van der Waals surface area contributed by atoms with Gasteiger partial charge in [0.15, 0.2) is 0 Å². The molecule has 0 aromatic rings. The van der Waals surface area contributed by atoms with E-state index >= 15 is 0 Å². The Morgan fingerprint density at radius 2 is 1.35 bits per heavy atom. The number of nitrogens with two attached hydrogens (primary N) is 1. The molecule has 1 aliphatic rings. The van der Waals surface area contributed by atoms with Crippen LogP contribution in [-0.2, 0) is 4.74 Å². The summed E-state index contributed by atoms with van der Waals surface area (Å²) < 4.78 is 41.9. The minimum Gasteiger partial charge on any atom is -0.376 e. The number of alkyl halides is 3. The van der Waals surface area contributed by atoms with E-state index in [1.165, 1.54) is 32.1 Å². The van der Waals surface area contributed by atoms with Crippen molar-refractivity contribution in [1.29, 1.82) is 0 Å². The summed E-state index contributed by atoms with van der Waals surface area (Å²) in [5, 5.41) is 0. The van der Waals surface area contributed by atoms with E-state index in [-0.39, 0.29) is 18.8 Å². The Kier molecular flexibility index (Phi) is 8.53. The molecule has 2 nitrogen and oxygen atoms in total. The number of halogens is 3. The molecule has 0 saturated heterocycles. The molecule has 1 saturated carbocycles. The van der Waals surface area contributed by atoms with Crippen LogP contribution in [0.5, 0.6) is 0 Å². The summed E-state index contributed by atoms with van der Waals surface area (Å²) >= 11 is 0. The molecule has 0 radical (unpaired) electrons. The van der Waals surface area contributed by atoms with Crippen LogP contribution in [0.4, 0.5) is 13.2 Å². The monoisotopic (exact) mass is 295 g/mol. The maximum Gasteiger partial charge on any atom is 0.391 e. The first-order valence-electron chi connectivity index (χ1n) is 7.93. The lowest BCUT2D eigenvalue weighted by Gasteiger charge is -2.25. The summed E-state index contributed by atoms with van der Waals surface area (Å²) in [5.74, 6) is 0. The predicted octanol–water partition coefficient (Wildman–Crippen LogP) is 4.57. The molecule has 0 aromatic heterocycles. The highest BCUT2D eigenvalue weighted by molar-refractivity contribution is 4.74. The van der Waals surface area contributed by atoms with E-state index in [1.807, 2.05) is 0 Å². The van der Waals surface area contributed by atoms with Crippen molar-refractivity contribution in [3.05, 3.63) is 0 Å². The highest BCUT2D eigenvalue weighted by Gasteiger charge is 2.28. The van der Waals surface area contributed by atoms with E-state index < -0.39 is 12.6 Å². The third-order valence-electron chi connectivity index (χ3n) is 3.97. The maximum absolute atomic E-state index is 12.2. The normalized spacial score (nSPS) is 27.6. The number of hydrogen-bond acceptors (Lipinski definition) is 2. The van der Waals surface area contributed by atoms with Gasteiger partial charge < -0.3 is 10.5 Å². The Bertz CT molecular complexity index is 246.